The van der Waals surface area contributed by atoms with Crippen LogP contribution < -0.4 is 15.0 Å². The molecule has 0 spiro atoms. The van der Waals surface area contributed by atoms with Crippen LogP contribution in [0.4, 0.5) is 0 Å². The van der Waals surface area contributed by atoms with Crippen molar-refractivity contribution in [3.8, 4) is 22.6 Å². The minimum Gasteiger partial charge on any atom is -0.490 e. The fourth-order valence-corrected chi connectivity index (χ4v) is 4.63. The zero-order valence-corrected chi connectivity index (χ0v) is 19.8. The molecule has 0 fully saturated rings. The second kappa shape index (κ2) is 8.70. The van der Waals surface area contributed by atoms with Crippen LogP contribution >= 0.6 is 11.6 Å². The second-order valence-electron chi connectivity index (χ2n) is 8.44. The maximum atomic E-state index is 13.3. The number of halogens is 1. The minimum absolute atomic E-state index is 0.234. The first kappa shape index (κ1) is 21.6. The maximum Gasteiger partial charge on any atom is 0.280 e. The van der Waals surface area contributed by atoms with E-state index in [0.29, 0.717) is 48.1 Å². The van der Waals surface area contributed by atoms with Crippen molar-refractivity contribution in [1.29, 1.82) is 0 Å². The van der Waals surface area contributed by atoms with E-state index in [9.17, 15) is 4.79 Å². The molecule has 0 radical (unpaired) electrons. The number of nitrogens with zero attached hydrogens (tertiary/aromatic N) is 5. The zero-order chi connectivity index (χ0) is 23.9. The van der Waals surface area contributed by atoms with Crippen LogP contribution in [0.1, 0.15) is 24.6 Å². The van der Waals surface area contributed by atoms with Crippen LogP contribution in [0.3, 0.4) is 0 Å². The van der Waals surface area contributed by atoms with Crippen molar-refractivity contribution in [3.63, 3.8) is 0 Å². The van der Waals surface area contributed by atoms with Gasteiger partial charge >= 0.3 is 0 Å². The SMILES string of the molecule is CCc1nn2c(nnc3c(=O)n(Cc4ccc5c(c4)OCCCO5)ccc32)c1-c1cccc(Cl)c1. The predicted molar refractivity (Wildman–Crippen MR) is 134 cm³/mol. The Bertz CT molecular complexity index is 1640. The number of hydrogen-bond acceptors (Lipinski definition) is 6. The molecule has 35 heavy (non-hydrogen) atoms. The molecule has 0 saturated carbocycles. The molecule has 8 nitrogen and oxygen atoms in total. The van der Waals surface area contributed by atoms with E-state index in [1.165, 1.54) is 0 Å². The summed E-state index contributed by atoms with van der Waals surface area (Å²) in [5.74, 6) is 1.43. The number of benzene rings is 2. The summed E-state index contributed by atoms with van der Waals surface area (Å²) in [4.78, 5) is 13.3. The molecule has 0 aliphatic carbocycles. The molecule has 1 aliphatic rings. The first-order chi connectivity index (χ1) is 17.1. The predicted octanol–water partition coefficient (Wildman–Crippen LogP) is 4.53. The lowest BCUT2D eigenvalue weighted by molar-refractivity contribution is 0.297. The van der Waals surface area contributed by atoms with Gasteiger partial charge < -0.3 is 14.0 Å². The fourth-order valence-electron chi connectivity index (χ4n) is 4.44. The van der Waals surface area contributed by atoms with Crippen LogP contribution in [-0.2, 0) is 13.0 Å². The van der Waals surface area contributed by atoms with E-state index in [1.807, 2.05) is 55.5 Å². The first-order valence-corrected chi connectivity index (χ1v) is 11.9. The number of aromatic nitrogens is 5. The number of hydrogen-bond donors (Lipinski definition) is 0. The number of ether oxygens (including phenoxy) is 2. The first-order valence-electron chi connectivity index (χ1n) is 11.5. The molecule has 2 aromatic carbocycles. The van der Waals surface area contributed by atoms with Crippen LogP contribution in [0.25, 0.3) is 27.8 Å². The van der Waals surface area contributed by atoms with Crippen LogP contribution in [0, 0.1) is 0 Å². The quantitative estimate of drug-likeness (QED) is 0.370. The Kier molecular flexibility index (Phi) is 5.37. The molecule has 0 bridgehead atoms. The van der Waals surface area contributed by atoms with Gasteiger partial charge in [-0.1, -0.05) is 36.7 Å². The summed E-state index contributed by atoms with van der Waals surface area (Å²) in [5.41, 5.74) is 4.82. The third-order valence-electron chi connectivity index (χ3n) is 6.14. The normalized spacial score (nSPS) is 13.3. The van der Waals surface area contributed by atoms with Gasteiger partial charge in [-0.25, -0.2) is 4.52 Å². The van der Waals surface area contributed by atoms with Crippen molar-refractivity contribution in [2.75, 3.05) is 13.2 Å². The van der Waals surface area contributed by atoms with Gasteiger partial charge in [-0.15, -0.1) is 10.2 Å². The van der Waals surface area contributed by atoms with E-state index >= 15 is 0 Å². The van der Waals surface area contributed by atoms with E-state index in [0.717, 1.165) is 34.6 Å². The molecule has 9 heteroatoms. The molecule has 176 valence electrons. The van der Waals surface area contributed by atoms with Crippen molar-refractivity contribution >= 4 is 28.3 Å². The largest absolute Gasteiger partial charge is 0.490 e. The Morgan fingerprint density at radius 1 is 1.03 bits per heavy atom. The molecule has 0 saturated heterocycles. The van der Waals surface area contributed by atoms with Gasteiger partial charge in [-0.3, -0.25) is 4.79 Å². The summed E-state index contributed by atoms with van der Waals surface area (Å²) in [6.45, 7) is 3.65. The molecule has 4 heterocycles. The van der Waals surface area contributed by atoms with Gasteiger partial charge in [0, 0.05) is 17.6 Å². The van der Waals surface area contributed by atoms with Gasteiger partial charge in [-0.05, 0) is 47.9 Å². The van der Waals surface area contributed by atoms with E-state index in [4.69, 9.17) is 26.2 Å². The van der Waals surface area contributed by atoms with Crippen molar-refractivity contribution < 1.29 is 9.47 Å². The number of aryl methyl sites for hydroxylation is 1. The number of pyridine rings is 1. The molecule has 0 amide bonds. The van der Waals surface area contributed by atoms with Crippen molar-refractivity contribution in [2.24, 2.45) is 0 Å². The van der Waals surface area contributed by atoms with Crippen molar-refractivity contribution in [2.45, 2.75) is 26.3 Å². The summed E-state index contributed by atoms with van der Waals surface area (Å²) in [6, 6.07) is 15.2. The summed E-state index contributed by atoms with van der Waals surface area (Å²) in [7, 11) is 0. The lowest BCUT2D eigenvalue weighted by Gasteiger charge is -2.11. The van der Waals surface area contributed by atoms with Gasteiger partial charge in [0.15, 0.2) is 22.7 Å². The maximum absolute atomic E-state index is 13.3. The highest BCUT2D eigenvalue weighted by atomic mass is 35.5. The lowest BCUT2D eigenvalue weighted by Crippen LogP contribution is -2.22. The topological polar surface area (TPSA) is 83.5 Å². The van der Waals surface area contributed by atoms with Crippen LogP contribution in [0.15, 0.2) is 59.5 Å². The zero-order valence-electron chi connectivity index (χ0n) is 19.1. The molecule has 1 aliphatic heterocycles. The van der Waals surface area contributed by atoms with Crippen LogP contribution in [-0.4, -0.2) is 37.6 Å². The molecule has 3 aromatic heterocycles. The van der Waals surface area contributed by atoms with E-state index < -0.39 is 0 Å². The monoisotopic (exact) mass is 487 g/mol. The fraction of sp³-hybridized carbons (Fsp3) is 0.231. The van der Waals surface area contributed by atoms with Gasteiger partial charge in [0.25, 0.3) is 5.56 Å². The van der Waals surface area contributed by atoms with Gasteiger partial charge in [0.05, 0.1) is 31.0 Å². The molecule has 6 rings (SSSR count). The van der Waals surface area contributed by atoms with Crippen molar-refractivity contribution in [1.82, 2.24) is 24.4 Å². The summed E-state index contributed by atoms with van der Waals surface area (Å²) >= 11 is 6.23. The Morgan fingerprint density at radius 2 is 1.89 bits per heavy atom. The number of fused-ring (bicyclic) bond motifs is 4. The highest BCUT2D eigenvalue weighted by molar-refractivity contribution is 6.30. The van der Waals surface area contributed by atoms with Gasteiger partial charge in [0.2, 0.25) is 0 Å². The Hall–Kier alpha value is -3.91. The van der Waals surface area contributed by atoms with E-state index in [2.05, 4.69) is 10.2 Å². The summed E-state index contributed by atoms with van der Waals surface area (Å²) in [6.07, 6.45) is 3.31. The highest BCUT2D eigenvalue weighted by Gasteiger charge is 2.19. The average molecular weight is 488 g/mol. The molecule has 0 N–H and O–H groups in total. The highest BCUT2D eigenvalue weighted by Crippen LogP contribution is 2.32. The third kappa shape index (κ3) is 3.80. The molecule has 5 aromatic rings. The minimum atomic E-state index is -0.234. The van der Waals surface area contributed by atoms with Crippen LogP contribution in [0.2, 0.25) is 5.02 Å². The average Bonchev–Trinajstić information content (AvgIpc) is 3.09. The summed E-state index contributed by atoms with van der Waals surface area (Å²) < 4.78 is 14.8. The molecular formula is C26H22ClN5O3. The van der Waals surface area contributed by atoms with Crippen molar-refractivity contribution in [3.05, 3.63) is 81.4 Å². The summed E-state index contributed by atoms with van der Waals surface area (Å²) in [5, 5.41) is 14.2. The molecule has 0 unspecified atom stereocenters. The smallest absolute Gasteiger partial charge is 0.280 e. The van der Waals surface area contributed by atoms with Crippen LogP contribution in [0.5, 0.6) is 11.5 Å². The van der Waals surface area contributed by atoms with E-state index in [1.54, 1.807) is 15.3 Å². The van der Waals surface area contributed by atoms with Gasteiger partial charge in [-0.2, -0.15) is 5.10 Å². The molecular weight excluding hydrogens is 466 g/mol. The molecule has 0 atom stereocenters. The Labute approximate surface area is 205 Å². The van der Waals surface area contributed by atoms with E-state index in [-0.39, 0.29) is 11.1 Å². The second-order valence-corrected chi connectivity index (χ2v) is 8.87. The standard InChI is InChI=1S/C26H22ClN5O3/c1-2-19-23(17-5-3-6-18(27)14-17)25-29-28-24-20(32(25)30-19)9-10-31(26(24)33)15-16-7-8-21-22(13-16)35-12-4-11-34-21/h3,5-10,13-14H,2,4,11-12,15H2,1H3. The Balaban J connectivity index is 1.43. The Morgan fingerprint density at radius 3 is 2.71 bits per heavy atom. The van der Waals surface area contributed by atoms with Gasteiger partial charge in [0.1, 0.15) is 5.52 Å². The number of rotatable bonds is 4. The lowest BCUT2D eigenvalue weighted by atomic mass is 10.0. The third-order valence-corrected chi connectivity index (χ3v) is 6.37.